The van der Waals surface area contributed by atoms with E-state index in [0.29, 0.717) is 44.1 Å². The van der Waals surface area contributed by atoms with Crippen molar-refractivity contribution in [2.24, 2.45) is 5.92 Å². The lowest BCUT2D eigenvalue weighted by Crippen LogP contribution is -2.40. The number of amides is 2. The lowest BCUT2D eigenvalue weighted by molar-refractivity contribution is -0.130. The number of fused-ring (bicyclic) bond motifs is 1. The summed E-state index contributed by atoms with van der Waals surface area (Å²) < 4.78 is 6.96. The number of hydrogen-bond donors (Lipinski definition) is 2. The largest absolute Gasteiger partial charge is 0.467 e. The van der Waals surface area contributed by atoms with Crippen LogP contribution in [-0.4, -0.2) is 56.5 Å². The highest BCUT2D eigenvalue weighted by atomic mass is 16.5. The van der Waals surface area contributed by atoms with Gasteiger partial charge in [-0.15, -0.1) is 0 Å². The van der Waals surface area contributed by atoms with Crippen LogP contribution >= 0.6 is 0 Å². The maximum atomic E-state index is 12.8. The third-order valence-corrected chi connectivity index (χ3v) is 6.18. The maximum Gasteiger partial charge on any atom is 0.321 e. The average molecular weight is 478 g/mol. The van der Waals surface area contributed by atoms with Crippen LogP contribution in [0, 0.1) is 5.92 Å². The van der Waals surface area contributed by atoms with Gasteiger partial charge in [-0.05, 0) is 42.5 Å². The van der Waals surface area contributed by atoms with Gasteiger partial charge in [0.05, 0.1) is 13.3 Å². The van der Waals surface area contributed by atoms with Crippen molar-refractivity contribution >= 4 is 29.1 Å². The molecule has 3 heterocycles. The van der Waals surface area contributed by atoms with Crippen LogP contribution in [0.2, 0.25) is 0 Å². The average Bonchev–Trinajstić information content (AvgIpc) is 3.31. The van der Waals surface area contributed by atoms with Crippen LogP contribution in [0.1, 0.15) is 43.7 Å². The Labute approximate surface area is 204 Å². The van der Waals surface area contributed by atoms with Gasteiger partial charge in [0, 0.05) is 36.8 Å². The quantitative estimate of drug-likeness (QED) is 0.479. The molecule has 10 nitrogen and oxygen atoms in total. The van der Waals surface area contributed by atoms with Crippen molar-refractivity contribution in [3.8, 4) is 6.01 Å². The number of piperidine rings is 1. The Bertz CT molecular complexity index is 1230. The second kappa shape index (κ2) is 10.5. The first-order valence-electron chi connectivity index (χ1n) is 11.7. The Balaban J connectivity index is 1.41. The lowest BCUT2D eigenvalue weighted by atomic mass is 9.95. The molecule has 1 saturated heterocycles. The molecule has 2 N–H and O–H groups in total. The van der Waals surface area contributed by atoms with Gasteiger partial charge in [0.2, 0.25) is 17.8 Å². The predicted octanol–water partition coefficient (Wildman–Crippen LogP) is 3.23. The van der Waals surface area contributed by atoms with E-state index in [1.165, 1.54) is 13.2 Å². The summed E-state index contributed by atoms with van der Waals surface area (Å²) in [5.74, 6) is 0.547. The SMILES string of the molecule is C=CC(=O)N1CCC(C(=O)Nc2cccc(CNc3nc(OC)nc4c(C(C)C)cnn34)c2)CC1. The molecule has 1 fully saturated rings. The molecule has 1 aliphatic heterocycles. The summed E-state index contributed by atoms with van der Waals surface area (Å²) in [7, 11) is 1.54. The number of hydrogen-bond acceptors (Lipinski definition) is 7. The number of nitrogens with zero attached hydrogens (tertiary/aromatic N) is 5. The van der Waals surface area contributed by atoms with Crippen LogP contribution in [0.3, 0.4) is 0 Å². The van der Waals surface area contributed by atoms with Crippen molar-refractivity contribution in [2.45, 2.75) is 39.2 Å². The summed E-state index contributed by atoms with van der Waals surface area (Å²) in [4.78, 5) is 35.1. The van der Waals surface area contributed by atoms with E-state index in [2.05, 4.69) is 46.1 Å². The van der Waals surface area contributed by atoms with E-state index in [-0.39, 0.29) is 29.7 Å². The Morgan fingerprint density at radius 2 is 2.03 bits per heavy atom. The van der Waals surface area contributed by atoms with E-state index in [1.807, 2.05) is 24.3 Å². The van der Waals surface area contributed by atoms with Gasteiger partial charge in [-0.2, -0.15) is 19.6 Å². The number of aromatic nitrogens is 4. The van der Waals surface area contributed by atoms with Crippen molar-refractivity contribution in [1.29, 1.82) is 0 Å². The smallest absolute Gasteiger partial charge is 0.321 e. The number of rotatable bonds is 8. The molecule has 0 unspecified atom stereocenters. The molecule has 35 heavy (non-hydrogen) atoms. The molecule has 0 spiro atoms. The molecule has 3 aromatic rings. The minimum Gasteiger partial charge on any atom is -0.467 e. The first kappa shape index (κ1) is 24.2. The fourth-order valence-corrected chi connectivity index (χ4v) is 4.16. The zero-order valence-corrected chi connectivity index (χ0v) is 20.3. The lowest BCUT2D eigenvalue weighted by Gasteiger charge is -2.30. The molecule has 0 atom stereocenters. The zero-order valence-electron chi connectivity index (χ0n) is 20.3. The first-order chi connectivity index (χ1) is 16.9. The predicted molar refractivity (Wildman–Crippen MR) is 133 cm³/mol. The van der Waals surface area contributed by atoms with Crippen LogP contribution < -0.4 is 15.4 Å². The Morgan fingerprint density at radius 1 is 1.26 bits per heavy atom. The molecule has 1 aromatic carbocycles. The van der Waals surface area contributed by atoms with E-state index < -0.39 is 0 Å². The van der Waals surface area contributed by atoms with Gasteiger partial charge in [0.15, 0.2) is 5.65 Å². The number of methoxy groups -OCH3 is 1. The third-order valence-electron chi connectivity index (χ3n) is 6.18. The molecule has 10 heteroatoms. The van der Waals surface area contributed by atoms with E-state index in [4.69, 9.17) is 4.74 Å². The van der Waals surface area contributed by atoms with Crippen LogP contribution in [0.25, 0.3) is 5.65 Å². The van der Waals surface area contributed by atoms with Crippen LogP contribution in [0.15, 0.2) is 43.1 Å². The summed E-state index contributed by atoms with van der Waals surface area (Å²) in [5, 5.41) is 10.8. The van der Waals surface area contributed by atoms with Crippen molar-refractivity contribution < 1.29 is 14.3 Å². The highest BCUT2D eigenvalue weighted by molar-refractivity contribution is 5.93. The highest BCUT2D eigenvalue weighted by Gasteiger charge is 2.26. The number of carbonyl (C=O) groups is 2. The molecule has 4 rings (SSSR count). The first-order valence-corrected chi connectivity index (χ1v) is 11.7. The van der Waals surface area contributed by atoms with Crippen LogP contribution in [0.5, 0.6) is 6.01 Å². The number of likely N-dealkylation sites (tertiary alicyclic amines) is 1. The number of anilines is 2. The van der Waals surface area contributed by atoms with Crippen LogP contribution in [0.4, 0.5) is 11.6 Å². The Kier molecular flexibility index (Phi) is 7.28. The molecule has 0 bridgehead atoms. The van der Waals surface area contributed by atoms with Gasteiger partial charge < -0.3 is 20.3 Å². The van der Waals surface area contributed by atoms with Gasteiger partial charge in [0.25, 0.3) is 0 Å². The highest BCUT2D eigenvalue weighted by Crippen LogP contribution is 2.24. The molecule has 0 radical (unpaired) electrons. The number of ether oxygens (including phenoxy) is 1. The van der Waals surface area contributed by atoms with E-state index in [1.54, 1.807) is 15.6 Å². The number of nitrogens with one attached hydrogen (secondary N) is 2. The molecular weight excluding hydrogens is 446 g/mol. The monoisotopic (exact) mass is 477 g/mol. The topological polar surface area (TPSA) is 114 Å². The van der Waals surface area contributed by atoms with Gasteiger partial charge in [0.1, 0.15) is 0 Å². The van der Waals surface area contributed by atoms with Crippen molar-refractivity contribution in [2.75, 3.05) is 30.8 Å². The van der Waals surface area contributed by atoms with Gasteiger partial charge in [-0.1, -0.05) is 32.6 Å². The normalized spacial score (nSPS) is 14.2. The van der Waals surface area contributed by atoms with E-state index in [0.717, 1.165) is 16.8 Å². The summed E-state index contributed by atoms with van der Waals surface area (Å²) in [5.41, 5.74) is 3.41. The molecule has 0 aliphatic carbocycles. The van der Waals surface area contributed by atoms with E-state index >= 15 is 0 Å². The van der Waals surface area contributed by atoms with Gasteiger partial charge in [-0.25, -0.2) is 0 Å². The molecular formula is C25H31N7O3. The minimum absolute atomic E-state index is 0.0270. The molecule has 2 amide bonds. The third kappa shape index (κ3) is 5.42. The molecule has 0 saturated carbocycles. The zero-order chi connectivity index (χ0) is 24.9. The molecule has 184 valence electrons. The fraction of sp³-hybridized carbons (Fsp3) is 0.400. The summed E-state index contributed by atoms with van der Waals surface area (Å²) in [6.07, 6.45) is 4.40. The van der Waals surface area contributed by atoms with E-state index in [9.17, 15) is 9.59 Å². The van der Waals surface area contributed by atoms with Crippen LogP contribution in [-0.2, 0) is 16.1 Å². The van der Waals surface area contributed by atoms with Gasteiger partial charge in [-0.3, -0.25) is 9.59 Å². The van der Waals surface area contributed by atoms with Crippen molar-refractivity contribution in [1.82, 2.24) is 24.5 Å². The molecule has 2 aromatic heterocycles. The summed E-state index contributed by atoms with van der Waals surface area (Å²) >= 11 is 0. The maximum absolute atomic E-state index is 12.8. The Hall–Kier alpha value is -3.95. The fourth-order valence-electron chi connectivity index (χ4n) is 4.16. The standard InChI is InChI=1S/C25H31N7O3/c1-5-21(33)31-11-9-18(10-12-31)23(34)28-19-8-6-7-17(13-19)14-26-24-30-25(35-4)29-22-20(16(2)3)15-27-32(22)24/h5-8,13,15-16,18H,1,9-12,14H2,2-4H3,(H,28,34)(H,26,29,30). The van der Waals surface area contributed by atoms with Gasteiger partial charge >= 0.3 is 6.01 Å². The van der Waals surface area contributed by atoms with Crippen molar-refractivity contribution in [3.63, 3.8) is 0 Å². The number of carbonyl (C=O) groups excluding carboxylic acids is 2. The second-order valence-corrected chi connectivity index (χ2v) is 8.87. The Morgan fingerprint density at radius 3 is 2.71 bits per heavy atom. The summed E-state index contributed by atoms with van der Waals surface area (Å²) in [6.45, 7) is 9.30. The second-order valence-electron chi connectivity index (χ2n) is 8.87. The number of benzene rings is 1. The molecule has 1 aliphatic rings. The minimum atomic E-state index is -0.123. The van der Waals surface area contributed by atoms with Crippen molar-refractivity contribution in [3.05, 3.63) is 54.2 Å². The summed E-state index contributed by atoms with van der Waals surface area (Å²) in [6, 6.07) is 7.94.